The number of aliphatic hydroxyl groups is 2. The summed E-state index contributed by atoms with van der Waals surface area (Å²) in [5, 5.41) is 20.6. The van der Waals surface area contributed by atoms with Gasteiger partial charge in [-0.05, 0) is 315 Å². The quantitative estimate of drug-likeness (QED) is 0.0587. The van der Waals surface area contributed by atoms with Crippen LogP contribution in [0.25, 0.3) is 0 Å². The maximum Gasteiger partial charge on any atom is 0.0653 e. The molecule has 0 rings (SSSR count). The van der Waals surface area contributed by atoms with E-state index >= 15 is 0 Å². The Balaban J connectivity index is -0.000000221. The third kappa shape index (κ3) is 120. The molecule has 0 fully saturated rings. The van der Waals surface area contributed by atoms with Crippen molar-refractivity contribution < 1.29 is 33.9 Å². The highest BCUT2D eigenvalue weighted by Crippen LogP contribution is 2.27. The molecule has 0 aromatic rings. The van der Waals surface area contributed by atoms with E-state index in [0.29, 0.717) is 42.4 Å². The molecule has 108 heavy (non-hydrogen) atoms. The van der Waals surface area contributed by atoms with Gasteiger partial charge in [0, 0.05) is 13.2 Å². The van der Waals surface area contributed by atoms with E-state index in [2.05, 4.69) is 285 Å². The second-order valence-corrected chi connectivity index (χ2v) is 38.1. The van der Waals surface area contributed by atoms with Crippen LogP contribution in [0.4, 0.5) is 0 Å². The van der Waals surface area contributed by atoms with Gasteiger partial charge in [-0.15, -0.1) is 0 Å². The number of allylic oxidation sites excluding steroid dienone is 11. The predicted octanol–water partition coefficient (Wildman–Crippen LogP) is 32.4. The number of ether oxygens (including phenoxy) is 5. The minimum absolute atomic E-state index is 0.330. The molecule has 0 spiro atoms. The van der Waals surface area contributed by atoms with Crippen molar-refractivity contribution in [3.05, 3.63) is 81.5 Å². The van der Waals surface area contributed by atoms with Crippen LogP contribution in [0.5, 0.6) is 0 Å². The molecule has 5 unspecified atom stereocenters. The van der Waals surface area contributed by atoms with Gasteiger partial charge in [0.2, 0.25) is 0 Å². The second kappa shape index (κ2) is 80.1. The monoisotopic (exact) mass is 1530 g/mol. The van der Waals surface area contributed by atoms with E-state index in [1.165, 1.54) is 142 Å². The summed E-state index contributed by atoms with van der Waals surface area (Å²) in [7, 11) is 0. The van der Waals surface area contributed by atoms with E-state index in [1.807, 2.05) is 13.8 Å². The number of hydrogen-bond acceptors (Lipinski definition) is 7. The number of hydrogen-bond donors (Lipinski definition) is 2. The Morgan fingerprint density at radius 2 is 0.500 bits per heavy atom. The van der Waals surface area contributed by atoms with E-state index in [1.54, 1.807) is 0 Å². The molecule has 0 bridgehead atoms. The first kappa shape index (κ1) is 119. The zero-order chi connectivity index (χ0) is 84.7. The molecule has 0 saturated carbocycles. The largest absolute Gasteiger partial charge is 0.390 e. The van der Waals surface area contributed by atoms with Gasteiger partial charge in [0.1, 0.15) is 0 Å². The maximum atomic E-state index is 10.3. The molecular formula is C101H202O7. The van der Waals surface area contributed by atoms with Crippen LogP contribution in [0.15, 0.2) is 81.5 Å². The topological polar surface area (TPSA) is 86.6 Å². The summed E-state index contributed by atoms with van der Waals surface area (Å²) in [5.41, 5.74) is 9.00. The highest BCUT2D eigenvalue weighted by Gasteiger charge is 2.21. The third-order valence-electron chi connectivity index (χ3n) is 18.9. The van der Waals surface area contributed by atoms with Crippen molar-refractivity contribution in [2.75, 3.05) is 33.0 Å². The highest BCUT2D eigenvalue weighted by molar-refractivity contribution is 5.05. The van der Waals surface area contributed by atoms with Gasteiger partial charge in [0.25, 0.3) is 0 Å². The van der Waals surface area contributed by atoms with Crippen LogP contribution in [0.3, 0.4) is 0 Å². The summed E-state index contributed by atoms with van der Waals surface area (Å²) in [6, 6.07) is 0. The molecule has 648 valence electrons. The first-order valence-electron chi connectivity index (χ1n) is 45.1. The summed E-state index contributed by atoms with van der Waals surface area (Å²) >= 11 is 0. The van der Waals surface area contributed by atoms with Gasteiger partial charge in [-0.2, -0.15) is 0 Å². The second-order valence-electron chi connectivity index (χ2n) is 38.1. The lowest BCUT2D eigenvalue weighted by Gasteiger charge is -2.25. The minimum Gasteiger partial charge on any atom is -0.390 e. The summed E-state index contributed by atoms with van der Waals surface area (Å²) in [6.07, 6.45) is 52.3. The first-order chi connectivity index (χ1) is 50.1. The summed E-state index contributed by atoms with van der Waals surface area (Å²) in [5.74, 6) is 7.22. The van der Waals surface area contributed by atoms with Gasteiger partial charge in [-0.25, -0.2) is 0 Å². The smallest absolute Gasteiger partial charge is 0.0653 e. The molecule has 0 saturated heterocycles. The van der Waals surface area contributed by atoms with Crippen LogP contribution in [-0.2, 0) is 23.7 Å². The normalized spacial score (nSPS) is 14.1. The Labute approximate surface area is 682 Å². The molecule has 2 N–H and O–H groups in total. The minimum atomic E-state index is -0.499. The fourth-order valence-corrected chi connectivity index (χ4v) is 11.1. The Morgan fingerprint density at radius 1 is 0.250 bits per heavy atom. The molecule has 0 aromatic carbocycles. The third-order valence-corrected chi connectivity index (χ3v) is 18.9. The fraction of sp³-hybridized carbons (Fsp3) is 0.861. The van der Waals surface area contributed by atoms with Gasteiger partial charge in [-0.3, -0.25) is 0 Å². The van der Waals surface area contributed by atoms with E-state index < -0.39 is 11.2 Å². The average Bonchev–Trinajstić information content (AvgIpc) is 0.932. The molecular weight excluding hydrogens is 1330 g/mol. The van der Waals surface area contributed by atoms with Crippen molar-refractivity contribution >= 4 is 0 Å². The molecule has 0 aliphatic carbocycles. The molecule has 0 aliphatic rings. The van der Waals surface area contributed by atoms with Crippen molar-refractivity contribution in [2.24, 2.45) is 53.3 Å². The van der Waals surface area contributed by atoms with Gasteiger partial charge in [0.05, 0.1) is 61.5 Å². The molecule has 0 aromatic heterocycles. The molecule has 7 heteroatoms. The first-order valence-corrected chi connectivity index (χ1v) is 45.1. The number of rotatable bonds is 55. The van der Waals surface area contributed by atoms with E-state index in [0.717, 1.165) is 158 Å². The van der Waals surface area contributed by atoms with Crippen molar-refractivity contribution in [2.45, 2.75) is 484 Å². The Kier molecular flexibility index (Phi) is 88.4. The maximum absolute atomic E-state index is 10.3. The van der Waals surface area contributed by atoms with Crippen molar-refractivity contribution in [3.8, 4) is 0 Å². The lowest BCUT2D eigenvalue weighted by atomic mass is 9.88. The van der Waals surface area contributed by atoms with Crippen LogP contribution in [0.2, 0.25) is 0 Å². The Hall–Kier alpha value is -2.10. The Morgan fingerprint density at radius 3 is 0.778 bits per heavy atom. The summed E-state index contributed by atoms with van der Waals surface area (Å²) < 4.78 is 27.4. The lowest BCUT2D eigenvalue weighted by molar-refractivity contribution is 0.0331. The molecule has 5 atom stereocenters. The van der Waals surface area contributed by atoms with Crippen molar-refractivity contribution in [1.29, 1.82) is 0 Å². The standard InChI is InChI=1S/C18H38O.C18H34O.2C13H28O.C13H26O.2C13H24O/c2*1-15(2)9-7-10-17(5)11-8-13-18(6,19)14-12-16(3)4;5*1-11(2)7-6-8-13(5)9-10-14-12(3)4/h15-17,19H,7-14H2,1-6H3;9,11,16,19H,7-8,10,12-14H2,1-6H3;2*11-13H,6-10H2,1-5H3;9,11-12H,6-8,10H2,1-5H3;2*7,9,12H,6,8,10H2,1-5H3/b;17-11+;;;3*13-9+. The van der Waals surface area contributed by atoms with Crippen molar-refractivity contribution in [1.82, 2.24) is 0 Å². The van der Waals surface area contributed by atoms with Crippen LogP contribution in [0, 0.1) is 53.3 Å². The highest BCUT2D eigenvalue weighted by atomic mass is 16.5. The molecule has 0 aliphatic heterocycles. The van der Waals surface area contributed by atoms with Gasteiger partial charge < -0.3 is 33.9 Å². The van der Waals surface area contributed by atoms with Gasteiger partial charge in [-0.1, -0.05) is 262 Å². The van der Waals surface area contributed by atoms with Crippen LogP contribution in [-0.4, -0.2) is 85.0 Å². The van der Waals surface area contributed by atoms with Gasteiger partial charge >= 0.3 is 0 Å². The average molecular weight is 1530 g/mol. The molecule has 0 radical (unpaired) electrons. The van der Waals surface area contributed by atoms with Crippen LogP contribution in [0.1, 0.15) is 442 Å². The van der Waals surface area contributed by atoms with Crippen LogP contribution < -0.4 is 0 Å². The fourth-order valence-electron chi connectivity index (χ4n) is 11.1. The zero-order valence-corrected chi connectivity index (χ0v) is 80.6. The molecule has 7 nitrogen and oxygen atoms in total. The predicted molar refractivity (Wildman–Crippen MR) is 490 cm³/mol. The summed E-state index contributed by atoms with van der Waals surface area (Å²) in [6.45, 7) is 84.8. The Bertz CT molecular complexity index is 2000. The van der Waals surface area contributed by atoms with Gasteiger partial charge in [0.15, 0.2) is 0 Å². The molecule has 0 heterocycles. The summed E-state index contributed by atoms with van der Waals surface area (Å²) in [4.78, 5) is 0. The molecule has 0 amide bonds. The van der Waals surface area contributed by atoms with E-state index in [-0.39, 0.29) is 0 Å². The van der Waals surface area contributed by atoms with E-state index in [4.69, 9.17) is 23.7 Å². The lowest BCUT2D eigenvalue weighted by Crippen LogP contribution is -2.24. The zero-order valence-electron chi connectivity index (χ0n) is 80.6. The SMILES string of the molecule is C/C(=C\COC(C)C)CCCC(C)C.CC(C)=CCC/C(C)=C/CCC(C)(O)CCC(C)C.CC(C)=CCC/C(C)=C/COC(C)C.CC(C)=CCC/C(C)=C/COC(C)C.CC(C)CCCC(C)CCCC(C)(O)CCC(C)C.CC(C)CCCC(C)CCOC(C)C.CC(C)CCCC(C)CCOC(C)C. The van der Waals surface area contributed by atoms with Crippen LogP contribution >= 0.6 is 0 Å². The van der Waals surface area contributed by atoms with E-state index in [9.17, 15) is 10.2 Å². The van der Waals surface area contributed by atoms with Crippen molar-refractivity contribution in [3.63, 3.8) is 0 Å².